The minimum atomic E-state index is -5.12. The Bertz CT molecular complexity index is 1880. The Morgan fingerprint density at radius 1 is 0.900 bits per heavy atom. The molecule has 50 heavy (non-hydrogen) atoms. The van der Waals surface area contributed by atoms with E-state index in [0.29, 0.717) is 41.4 Å². The number of ether oxygens (including phenoxy) is 1. The topological polar surface area (TPSA) is 73.8 Å². The van der Waals surface area contributed by atoms with Gasteiger partial charge in [-0.15, -0.1) is 0 Å². The molecule has 1 saturated heterocycles. The first kappa shape index (κ1) is 36.4. The number of carbonyl (C=O) groups excluding carboxylic acids is 1. The zero-order valence-electron chi connectivity index (χ0n) is 28.1. The summed E-state index contributed by atoms with van der Waals surface area (Å²) in [6.07, 6.45) is -11.6. The fourth-order valence-corrected chi connectivity index (χ4v) is 5.54. The Hall–Kier alpha value is -4.92. The van der Waals surface area contributed by atoms with E-state index in [0.717, 1.165) is 30.3 Å². The van der Waals surface area contributed by atoms with Gasteiger partial charge in [0, 0.05) is 55.7 Å². The number of rotatable bonds is 6. The highest BCUT2D eigenvalue weighted by Gasteiger charge is 2.38. The van der Waals surface area contributed by atoms with E-state index < -0.39 is 41.1 Å². The lowest BCUT2D eigenvalue weighted by Gasteiger charge is -2.39. The van der Waals surface area contributed by atoms with Crippen molar-refractivity contribution in [2.24, 2.45) is 0 Å². The monoisotopic (exact) mass is 704 g/mol. The van der Waals surface area contributed by atoms with Gasteiger partial charge in [0.25, 0.3) is 0 Å². The first-order valence-electron chi connectivity index (χ1n) is 15.5. The Morgan fingerprint density at radius 3 is 2.16 bits per heavy atom. The number of halogens is 7. The third kappa shape index (κ3) is 7.93. The number of anilines is 4. The number of aromatic nitrogens is 2. The number of aryl methyl sites for hydroxylation is 1. The average molecular weight is 705 g/mol. The van der Waals surface area contributed by atoms with Crippen LogP contribution in [0.25, 0.3) is 11.3 Å². The van der Waals surface area contributed by atoms with Gasteiger partial charge in [0.05, 0.1) is 22.5 Å². The zero-order valence-corrected chi connectivity index (χ0v) is 28.1. The van der Waals surface area contributed by atoms with Crippen LogP contribution in [0.1, 0.15) is 34.7 Å². The van der Waals surface area contributed by atoms with E-state index in [4.69, 9.17) is 4.74 Å². The predicted molar refractivity (Wildman–Crippen MR) is 177 cm³/mol. The van der Waals surface area contributed by atoms with Crippen LogP contribution >= 0.6 is 0 Å². The molecule has 1 aromatic heterocycles. The molecule has 2 heterocycles. The van der Waals surface area contributed by atoms with E-state index in [-0.39, 0.29) is 35.3 Å². The van der Waals surface area contributed by atoms with Crippen LogP contribution in [0, 0.1) is 26.6 Å². The maximum atomic E-state index is 15.4. The Kier molecular flexibility index (Phi) is 10.0. The van der Waals surface area contributed by atoms with Crippen LogP contribution < -0.4 is 19.9 Å². The van der Waals surface area contributed by atoms with E-state index in [9.17, 15) is 31.1 Å². The second-order valence-corrected chi connectivity index (χ2v) is 12.4. The van der Waals surface area contributed by atoms with Crippen molar-refractivity contribution in [2.75, 3.05) is 48.8 Å². The lowest BCUT2D eigenvalue weighted by Crippen LogP contribution is -2.50. The summed E-state index contributed by atoms with van der Waals surface area (Å²) >= 11 is 0. The molecule has 1 atom stereocenters. The summed E-state index contributed by atoms with van der Waals surface area (Å²) in [5, 5.41) is 2.93. The number of hydrogen-bond acceptors (Lipinski definition) is 7. The lowest BCUT2D eigenvalue weighted by atomic mass is 9.97. The van der Waals surface area contributed by atoms with Crippen molar-refractivity contribution in [1.82, 2.24) is 14.9 Å². The number of amides is 1. The molecule has 0 spiro atoms. The molecule has 1 aliphatic rings. The maximum Gasteiger partial charge on any atom is 0.420 e. The number of piperazine rings is 1. The van der Waals surface area contributed by atoms with Gasteiger partial charge in [-0.25, -0.2) is 14.2 Å². The molecule has 266 valence electrons. The number of carbonyl (C=O) groups is 1. The molecule has 1 fully saturated rings. The van der Waals surface area contributed by atoms with Crippen molar-refractivity contribution in [2.45, 2.75) is 46.1 Å². The van der Waals surface area contributed by atoms with Crippen molar-refractivity contribution < 1.29 is 40.3 Å². The van der Waals surface area contributed by atoms with Crippen LogP contribution in [0.4, 0.5) is 58.5 Å². The molecule has 0 bridgehead atoms. The van der Waals surface area contributed by atoms with E-state index in [2.05, 4.69) is 27.1 Å². The number of benzene rings is 3. The molecule has 1 aliphatic heterocycles. The lowest BCUT2D eigenvalue weighted by molar-refractivity contribution is -0.143. The van der Waals surface area contributed by atoms with Gasteiger partial charge >= 0.3 is 18.4 Å². The smallest absolute Gasteiger partial charge is 0.391 e. The van der Waals surface area contributed by atoms with Crippen molar-refractivity contribution in [3.63, 3.8) is 0 Å². The van der Waals surface area contributed by atoms with Crippen LogP contribution in [0.2, 0.25) is 0 Å². The molecular formula is C35H35F7N6O2. The number of hydrogen-bond donors (Lipinski definition) is 1. The molecule has 15 heteroatoms. The number of likely N-dealkylation sites (N-methyl/N-ethyl adjacent to an activating group) is 1. The molecule has 1 N–H and O–H groups in total. The number of nitrogens with zero attached hydrogens (tertiary/aromatic N) is 5. The highest BCUT2D eigenvalue weighted by molar-refractivity contribution is 5.89. The Morgan fingerprint density at radius 2 is 1.56 bits per heavy atom. The summed E-state index contributed by atoms with van der Waals surface area (Å²) in [6.45, 7) is 9.83. The van der Waals surface area contributed by atoms with Gasteiger partial charge in [0.2, 0.25) is 11.8 Å². The summed E-state index contributed by atoms with van der Waals surface area (Å²) in [4.78, 5) is 26.6. The molecule has 0 aliphatic carbocycles. The van der Waals surface area contributed by atoms with Crippen LogP contribution in [-0.4, -0.2) is 60.7 Å². The minimum Gasteiger partial charge on any atom is -0.391 e. The molecule has 5 rings (SSSR count). The van der Waals surface area contributed by atoms with E-state index >= 15 is 4.39 Å². The average Bonchev–Trinajstić information content (AvgIpc) is 3.03. The molecular weight excluding hydrogens is 669 g/mol. The number of alkyl halides is 6. The fraction of sp³-hybridized carbons (Fsp3) is 0.343. The molecule has 8 nitrogen and oxygen atoms in total. The van der Waals surface area contributed by atoms with Gasteiger partial charge in [0.1, 0.15) is 5.82 Å². The van der Waals surface area contributed by atoms with Crippen LogP contribution in [0.3, 0.4) is 0 Å². The predicted octanol–water partition coefficient (Wildman–Crippen LogP) is 8.76. The van der Waals surface area contributed by atoms with Crippen LogP contribution in [0.15, 0.2) is 54.6 Å². The summed E-state index contributed by atoms with van der Waals surface area (Å²) in [7, 11) is 2.98. The normalized spacial score (nSPS) is 15.6. The molecule has 4 aromatic rings. The third-order valence-corrected chi connectivity index (χ3v) is 8.97. The van der Waals surface area contributed by atoms with Crippen molar-refractivity contribution in [3.8, 4) is 17.1 Å². The highest BCUT2D eigenvalue weighted by Crippen LogP contribution is 2.39. The molecule has 0 saturated carbocycles. The Labute approximate surface area is 284 Å². The SMILES string of the molecule is Cc1ccc(-c2cc(OC(=O)N(C)c3cc(C(F)(F)F)cc(C(F)(F)F)c3)nc(Nc3ccc(N4CCN(C)C(C)C4)c(F)c3)n2)c(C)c1C. The second-order valence-electron chi connectivity index (χ2n) is 12.4. The Balaban J connectivity index is 1.49. The van der Waals surface area contributed by atoms with Crippen LogP contribution in [-0.2, 0) is 12.4 Å². The van der Waals surface area contributed by atoms with Gasteiger partial charge in [-0.1, -0.05) is 12.1 Å². The molecule has 1 amide bonds. The zero-order chi connectivity index (χ0) is 36.7. The first-order valence-corrected chi connectivity index (χ1v) is 15.5. The summed E-state index contributed by atoms with van der Waals surface area (Å²) in [6, 6.07) is 10.6. The van der Waals surface area contributed by atoms with E-state index in [1.165, 1.54) is 12.1 Å². The summed E-state index contributed by atoms with van der Waals surface area (Å²) < 4.78 is 102. The van der Waals surface area contributed by atoms with Gasteiger partial charge in [0.15, 0.2) is 0 Å². The largest absolute Gasteiger partial charge is 0.420 e. The first-order chi connectivity index (χ1) is 23.3. The van der Waals surface area contributed by atoms with Crippen molar-refractivity contribution in [3.05, 3.63) is 88.2 Å². The molecule has 3 aromatic carbocycles. The van der Waals surface area contributed by atoms with Crippen molar-refractivity contribution >= 4 is 29.1 Å². The van der Waals surface area contributed by atoms with Gasteiger partial charge in [-0.3, -0.25) is 4.90 Å². The van der Waals surface area contributed by atoms with E-state index in [1.807, 2.05) is 38.8 Å². The minimum absolute atomic E-state index is 0.0375. The maximum absolute atomic E-state index is 15.4. The van der Waals surface area contributed by atoms with E-state index in [1.54, 1.807) is 18.2 Å². The third-order valence-electron chi connectivity index (χ3n) is 8.97. The standard InChI is InChI=1S/C35H35F7N6O2/c1-19-7-9-27(22(4)21(19)3)29-17-31(50-33(49)47(6)26-14-23(34(37,38)39)13-24(15-26)35(40,41)42)45-32(44-29)43-25-8-10-30(28(36)16-25)48-12-11-46(5)20(2)18-48/h7-10,13-17,20H,11-12,18H2,1-6H3,(H,43,44,45). The quantitative estimate of drug-likeness (QED) is 0.201. The molecule has 0 radical (unpaired) electrons. The summed E-state index contributed by atoms with van der Waals surface area (Å²) in [5.41, 5.74) is 0.568. The van der Waals surface area contributed by atoms with Crippen molar-refractivity contribution in [1.29, 1.82) is 0 Å². The second kappa shape index (κ2) is 13.8. The molecule has 1 unspecified atom stereocenters. The van der Waals surface area contributed by atoms with Gasteiger partial charge < -0.3 is 19.9 Å². The fourth-order valence-electron chi connectivity index (χ4n) is 5.54. The highest BCUT2D eigenvalue weighted by atomic mass is 19.4. The number of nitrogens with one attached hydrogen (secondary N) is 1. The van der Waals surface area contributed by atoms with Crippen LogP contribution in [0.5, 0.6) is 5.88 Å². The van der Waals surface area contributed by atoms with Gasteiger partial charge in [-0.2, -0.15) is 31.3 Å². The summed E-state index contributed by atoms with van der Waals surface area (Å²) in [5.74, 6) is -0.955. The van der Waals surface area contributed by atoms with Gasteiger partial charge in [-0.05, 0) is 87.8 Å².